The Bertz CT molecular complexity index is 732. The lowest BCUT2D eigenvalue weighted by molar-refractivity contribution is 0.0751. The van der Waals surface area contributed by atoms with Crippen LogP contribution in [0.15, 0.2) is 54.6 Å². The van der Waals surface area contributed by atoms with Gasteiger partial charge in [0.15, 0.2) is 0 Å². The minimum Gasteiger partial charge on any atom is -0.457 e. The lowest BCUT2D eigenvalue weighted by Crippen LogP contribution is -2.35. The molecule has 1 saturated heterocycles. The minimum absolute atomic E-state index is 0.0285. The Morgan fingerprint density at radius 1 is 1.12 bits per heavy atom. The number of carbonyl (C=O) groups is 1. The summed E-state index contributed by atoms with van der Waals surface area (Å²) in [5.74, 6) is 2.82. The van der Waals surface area contributed by atoms with Crippen LogP contribution >= 0.6 is 0 Å². The molecule has 1 fully saturated rings. The van der Waals surface area contributed by atoms with E-state index in [4.69, 9.17) is 4.74 Å². The quantitative estimate of drug-likeness (QED) is 0.859. The molecule has 24 heavy (non-hydrogen) atoms. The first kappa shape index (κ1) is 16.7. The van der Waals surface area contributed by atoms with Crippen LogP contribution in [0.2, 0.25) is 0 Å². The average Bonchev–Trinajstić information content (AvgIpc) is 2.75. The van der Waals surface area contributed by atoms with E-state index in [-0.39, 0.29) is 11.8 Å². The first-order valence-electron chi connectivity index (χ1n) is 8.09. The van der Waals surface area contributed by atoms with Gasteiger partial charge in [-0.3, -0.25) is 9.00 Å². The van der Waals surface area contributed by atoms with Crippen molar-refractivity contribution in [1.82, 2.24) is 4.90 Å². The number of ether oxygens (including phenoxy) is 1. The van der Waals surface area contributed by atoms with Crippen LogP contribution in [0.25, 0.3) is 0 Å². The van der Waals surface area contributed by atoms with Crippen LogP contribution in [-0.4, -0.2) is 39.6 Å². The minimum atomic E-state index is -0.831. The number of carbonyl (C=O) groups excluding carboxylic acids is 1. The van der Waals surface area contributed by atoms with Gasteiger partial charge in [0.2, 0.25) is 0 Å². The van der Waals surface area contributed by atoms with Crippen LogP contribution in [0.4, 0.5) is 0 Å². The molecule has 1 aliphatic rings. The molecule has 3 rings (SSSR count). The second-order valence-electron chi connectivity index (χ2n) is 6.11. The van der Waals surface area contributed by atoms with Crippen molar-refractivity contribution in [3.8, 4) is 11.5 Å². The first-order chi connectivity index (χ1) is 11.6. The van der Waals surface area contributed by atoms with Crippen LogP contribution in [0.1, 0.15) is 17.3 Å². The van der Waals surface area contributed by atoms with Gasteiger partial charge in [-0.05, 0) is 36.2 Å². The van der Waals surface area contributed by atoms with Gasteiger partial charge in [0, 0.05) is 41.0 Å². The number of rotatable bonds is 3. The molecule has 1 amide bonds. The summed E-state index contributed by atoms with van der Waals surface area (Å²) in [6.45, 7) is 3.23. The Kier molecular flexibility index (Phi) is 5.30. The number of hydrogen-bond acceptors (Lipinski definition) is 3. The van der Waals surface area contributed by atoms with Gasteiger partial charge in [0.05, 0.1) is 0 Å². The summed E-state index contributed by atoms with van der Waals surface area (Å²) in [7, 11) is -0.831. The van der Waals surface area contributed by atoms with Crippen molar-refractivity contribution >= 4 is 16.7 Å². The molecule has 0 aromatic heterocycles. The molecule has 126 valence electrons. The zero-order chi connectivity index (χ0) is 16.9. The van der Waals surface area contributed by atoms with Gasteiger partial charge < -0.3 is 9.64 Å². The third-order valence-electron chi connectivity index (χ3n) is 3.94. The van der Waals surface area contributed by atoms with Gasteiger partial charge >= 0.3 is 0 Å². The van der Waals surface area contributed by atoms with E-state index < -0.39 is 10.8 Å². The SMILES string of the molecule is CC1CN(C(=O)c2cccc(Oc3ccccc3)c2)CCS(=O)C1. The van der Waals surface area contributed by atoms with E-state index in [1.165, 1.54) is 0 Å². The molecule has 5 heteroatoms. The summed E-state index contributed by atoms with van der Waals surface area (Å²) in [5.41, 5.74) is 0.600. The fourth-order valence-corrected chi connectivity index (χ4v) is 4.15. The van der Waals surface area contributed by atoms with Gasteiger partial charge in [-0.25, -0.2) is 0 Å². The molecular formula is C19H21NO3S. The monoisotopic (exact) mass is 343 g/mol. The zero-order valence-electron chi connectivity index (χ0n) is 13.7. The number of hydrogen-bond donors (Lipinski definition) is 0. The zero-order valence-corrected chi connectivity index (χ0v) is 14.5. The van der Waals surface area contributed by atoms with Crippen LogP contribution < -0.4 is 4.74 Å². The predicted octanol–water partition coefficient (Wildman–Crippen LogP) is 3.32. The summed E-state index contributed by atoms with van der Waals surface area (Å²) < 4.78 is 17.6. The maximum absolute atomic E-state index is 12.8. The van der Waals surface area contributed by atoms with E-state index in [1.807, 2.05) is 49.4 Å². The van der Waals surface area contributed by atoms with E-state index in [2.05, 4.69) is 0 Å². The Morgan fingerprint density at radius 2 is 1.88 bits per heavy atom. The Balaban J connectivity index is 1.75. The van der Waals surface area contributed by atoms with Crippen LogP contribution in [0.3, 0.4) is 0 Å². The normalized spacial score (nSPS) is 21.1. The molecular weight excluding hydrogens is 322 g/mol. The summed E-state index contributed by atoms with van der Waals surface area (Å²) >= 11 is 0. The number of nitrogens with zero attached hydrogens (tertiary/aromatic N) is 1. The standard InChI is InChI=1S/C19H21NO3S/c1-15-13-20(10-11-24(22)14-15)19(21)16-6-5-9-18(12-16)23-17-7-3-2-4-8-17/h2-9,12,15H,10-11,13-14H2,1H3. The van der Waals surface area contributed by atoms with Crippen LogP contribution in [0.5, 0.6) is 11.5 Å². The Hall–Kier alpha value is -2.14. The molecule has 4 nitrogen and oxygen atoms in total. The topological polar surface area (TPSA) is 46.6 Å². The maximum Gasteiger partial charge on any atom is 0.254 e. The predicted molar refractivity (Wildman–Crippen MR) is 95.9 cm³/mol. The third kappa shape index (κ3) is 4.23. The largest absolute Gasteiger partial charge is 0.457 e. The Labute approximate surface area is 144 Å². The molecule has 2 aromatic rings. The van der Waals surface area contributed by atoms with Gasteiger partial charge in [0.1, 0.15) is 11.5 Å². The van der Waals surface area contributed by atoms with Crippen molar-refractivity contribution in [3.05, 3.63) is 60.2 Å². The van der Waals surface area contributed by atoms with E-state index in [1.54, 1.807) is 17.0 Å². The molecule has 0 radical (unpaired) electrons. The summed E-state index contributed by atoms with van der Waals surface area (Å²) in [6, 6.07) is 16.7. The molecule has 2 unspecified atom stereocenters. The molecule has 0 N–H and O–H groups in total. The van der Waals surface area contributed by atoms with Crippen LogP contribution in [0, 0.1) is 5.92 Å². The average molecular weight is 343 g/mol. The second-order valence-corrected chi connectivity index (χ2v) is 7.73. The van der Waals surface area contributed by atoms with Gasteiger partial charge in [-0.2, -0.15) is 0 Å². The second kappa shape index (κ2) is 7.62. The lowest BCUT2D eigenvalue weighted by Gasteiger charge is -2.22. The molecule has 0 spiro atoms. The molecule has 0 saturated carbocycles. The van der Waals surface area contributed by atoms with E-state index in [0.717, 1.165) is 5.75 Å². The van der Waals surface area contributed by atoms with Crippen molar-refractivity contribution < 1.29 is 13.7 Å². The molecule has 1 aliphatic heterocycles. The third-order valence-corrected chi connectivity index (χ3v) is 5.52. The Morgan fingerprint density at radius 3 is 2.67 bits per heavy atom. The van der Waals surface area contributed by atoms with Crippen molar-refractivity contribution in [1.29, 1.82) is 0 Å². The van der Waals surface area contributed by atoms with Crippen molar-refractivity contribution in [2.24, 2.45) is 5.92 Å². The molecule has 2 aromatic carbocycles. The smallest absolute Gasteiger partial charge is 0.254 e. The highest BCUT2D eigenvalue weighted by atomic mass is 32.2. The molecule has 0 aliphatic carbocycles. The number of benzene rings is 2. The summed E-state index contributed by atoms with van der Waals surface area (Å²) in [6.07, 6.45) is 0. The number of para-hydroxylation sites is 1. The van der Waals surface area contributed by atoms with Crippen LogP contribution in [-0.2, 0) is 10.8 Å². The van der Waals surface area contributed by atoms with E-state index in [0.29, 0.717) is 35.9 Å². The highest BCUT2D eigenvalue weighted by Crippen LogP contribution is 2.23. The van der Waals surface area contributed by atoms with Gasteiger partial charge in [-0.15, -0.1) is 0 Å². The molecule has 0 bridgehead atoms. The van der Waals surface area contributed by atoms with Gasteiger partial charge in [0.25, 0.3) is 5.91 Å². The number of amides is 1. The van der Waals surface area contributed by atoms with E-state index >= 15 is 0 Å². The van der Waals surface area contributed by atoms with Crippen molar-refractivity contribution in [2.45, 2.75) is 6.92 Å². The van der Waals surface area contributed by atoms with Crippen molar-refractivity contribution in [3.63, 3.8) is 0 Å². The fraction of sp³-hybridized carbons (Fsp3) is 0.316. The maximum atomic E-state index is 12.8. The fourth-order valence-electron chi connectivity index (χ4n) is 2.82. The highest BCUT2D eigenvalue weighted by molar-refractivity contribution is 7.85. The van der Waals surface area contributed by atoms with Gasteiger partial charge in [-0.1, -0.05) is 31.2 Å². The lowest BCUT2D eigenvalue weighted by atomic mass is 10.1. The summed E-state index contributed by atoms with van der Waals surface area (Å²) in [4.78, 5) is 14.6. The highest BCUT2D eigenvalue weighted by Gasteiger charge is 2.23. The molecule has 2 atom stereocenters. The summed E-state index contributed by atoms with van der Waals surface area (Å²) in [5, 5.41) is 0. The van der Waals surface area contributed by atoms with E-state index in [9.17, 15) is 9.00 Å². The first-order valence-corrected chi connectivity index (χ1v) is 9.58. The molecule has 1 heterocycles. The van der Waals surface area contributed by atoms with Crippen molar-refractivity contribution in [2.75, 3.05) is 24.6 Å².